The zero-order valence-electron chi connectivity index (χ0n) is 81.6. The van der Waals surface area contributed by atoms with Gasteiger partial charge in [0, 0.05) is 90.3 Å². The molecule has 0 aliphatic carbocycles. The Balaban J connectivity index is 0.000000124. The summed E-state index contributed by atoms with van der Waals surface area (Å²) in [5, 5.41) is 14.0. The number of hydrogen-bond donors (Lipinski definition) is 0. The maximum absolute atomic E-state index is 9.27. The van der Waals surface area contributed by atoms with Crippen LogP contribution >= 0.6 is 0 Å². The van der Waals surface area contributed by atoms with E-state index < -0.39 is 0 Å². The van der Waals surface area contributed by atoms with E-state index in [0.29, 0.717) is 28.7 Å². The normalized spacial score (nSPS) is 10.9. The van der Waals surface area contributed by atoms with Crippen molar-refractivity contribution in [1.82, 2.24) is 39.9 Å². The van der Waals surface area contributed by atoms with Crippen LogP contribution in [0.25, 0.3) is 251 Å². The molecule has 0 N–H and O–H groups in total. The molecular weight excluding hydrogens is 1820 g/mol. The number of fused-ring (bicyclic) bond motifs is 2. The van der Waals surface area contributed by atoms with Crippen molar-refractivity contribution < 1.29 is 0 Å². The smallest absolute Gasteiger partial charge is 0.187 e. The van der Waals surface area contributed by atoms with Gasteiger partial charge in [-0.25, -0.2) is 34.7 Å². The highest BCUT2D eigenvalue weighted by Gasteiger charge is 2.27. The average Bonchev–Trinajstić information content (AvgIpc) is 0.756. The van der Waals surface area contributed by atoms with Crippen LogP contribution in [0, 0.1) is 17.9 Å². The van der Waals surface area contributed by atoms with Gasteiger partial charge in [0.15, 0.2) is 23.2 Å². The Labute approximate surface area is 872 Å². The minimum Gasteiger partial charge on any atom is -0.256 e. The predicted octanol–water partition coefficient (Wildman–Crippen LogP) is 36.3. The Bertz CT molecular complexity index is 9120. The molecule has 20 aromatic carbocycles. The quantitative estimate of drug-likeness (QED) is 0.0684. The molecule has 0 fully saturated rings. The van der Waals surface area contributed by atoms with Gasteiger partial charge < -0.3 is 0 Å². The van der Waals surface area contributed by atoms with Gasteiger partial charge in [0.2, 0.25) is 0 Å². The Morgan fingerprint density at radius 1 is 0.180 bits per heavy atom. The van der Waals surface area contributed by atoms with Gasteiger partial charge in [0.05, 0.1) is 63.8 Å². The molecule has 0 unspecified atom stereocenters. The van der Waals surface area contributed by atoms with E-state index in [1.165, 1.54) is 32.7 Å². The standard InChI is InChI=1S/C51H33N3.C45H29N3.C44H30N4/c1-52-44-32-29-36(30-33-44)35-21-23-38(24-22-35)46-34-31-37-13-11-12-20-45(37)47(46)40-25-27-42(28-26-40)50-48(39-14-5-2-6-15-39)49(41-16-7-3-8-17-41)53-51(54-50)43-18-9-4-10-19-43;46-30-31-20-22-32(23-21-31)38-28-29-39(41-19-11-10-18-40(38)41)33-24-26-36(27-25-33)44-42(34-12-4-1-5-13-34)43(35-14-6-2-7-15-35)47-45(48-44)37-16-8-3-9-17-37;1-4-14-32(15-5-1)41-42(33-16-6-2-7-17-33)47-44(35-18-8-3-9-19-35)48-43(41)34-24-22-31(23-25-34)36-28-37(39-20-10-12-26-45-39)30-38(29-36)40-21-11-13-27-46-40/h2-34H;1-29H;1-30H. The lowest BCUT2D eigenvalue weighted by Crippen LogP contribution is -2.00. The van der Waals surface area contributed by atoms with Gasteiger partial charge in [-0.3, -0.25) is 9.97 Å². The van der Waals surface area contributed by atoms with E-state index in [0.717, 1.165) is 196 Å². The maximum atomic E-state index is 9.27. The van der Waals surface area contributed by atoms with Crippen LogP contribution in [0.5, 0.6) is 0 Å². The van der Waals surface area contributed by atoms with Crippen molar-refractivity contribution in [3.8, 4) is 230 Å². The van der Waals surface area contributed by atoms with Crippen LogP contribution in [0.3, 0.4) is 0 Å². The van der Waals surface area contributed by atoms with Crippen LogP contribution in [-0.2, 0) is 0 Å². The van der Waals surface area contributed by atoms with E-state index >= 15 is 0 Å². The van der Waals surface area contributed by atoms with Crippen LogP contribution in [0.15, 0.2) is 558 Å². The number of aromatic nitrogens is 8. The molecule has 150 heavy (non-hydrogen) atoms. The molecule has 5 aromatic heterocycles. The molecule has 0 saturated heterocycles. The maximum Gasteiger partial charge on any atom is 0.187 e. The van der Waals surface area contributed by atoms with Crippen molar-refractivity contribution in [2.75, 3.05) is 0 Å². The number of nitriles is 1. The summed E-state index contributed by atoms with van der Waals surface area (Å²) in [4.78, 5) is 44.3. The second-order valence-electron chi connectivity index (χ2n) is 36.5. The third-order valence-corrected chi connectivity index (χ3v) is 27.1. The van der Waals surface area contributed by atoms with Crippen molar-refractivity contribution in [3.63, 3.8) is 0 Å². The molecule has 702 valence electrons. The van der Waals surface area contributed by atoms with Gasteiger partial charge in [0.25, 0.3) is 0 Å². The second kappa shape index (κ2) is 43.3. The Kier molecular flexibility index (Phi) is 26.9. The topological polar surface area (TPSA) is 131 Å². The lowest BCUT2D eigenvalue weighted by molar-refractivity contribution is 1.18. The minimum atomic E-state index is 0.645. The van der Waals surface area contributed by atoms with Gasteiger partial charge in [-0.2, -0.15) is 5.26 Å². The highest BCUT2D eigenvalue weighted by atomic mass is 14.9. The third kappa shape index (κ3) is 20.0. The molecule has 0 amide bonds. The molecule has 0 saturated carbocycles. The zero-order chi connectivity index (χ0) is 101. The van der Waals surface area contributed by atoms with Gasteiger partial charge in [-0.1, -0.05) is 491 Å². The number of nitrogens with zero attached hydrogens (tertiary/aromatic N) is 10. The molecule has 0 aliphatic rings. The summed E-state index contributed by atoms with van der Waals surface area (Å²) in [6.45, 7) is 7.29. The van der Waals surface area contributed by atoms with E-state index in [1.807, 2.05) is 188 Å². The summed E-state index contributed by atoms with van der Waals surface area (Å²) in [6.07, 6.45) is 3.66. The first kappa shape index (κ1) is 93.1. The molecule has 25 rings (SSSR count). The van der Waals surface area contributed by atoms with Crippen LogP contribution in [0.1, 0.15) is 5.56 Å². The fourth-order valence-corrected chi connectivity index (χ4v) is 19.7. The Morgan fingerprint density at radius 2 is 0.427 bits per heavy atom. The van der Waals surface area contributed by atoms with Crippen molar-refractivity contribution in [3.05, 3.63) is 575 Å². The molecular formula is C140H92N10. The molecule has 10 nitrogen and oxygen atoms in total. The predicted molar refractivity (Wildman–Crippen MR) is 616 cm³/mol. The molecule has 0 atom stereocenters. The van der Waals surface area contributed by atoms with E-state index in [2.05, 4.69) is 391 Å². The average molecular weight is 1910 g/mol. The highest BCUT2D eigenvalue weighted by Crippen LogP contribution is 2.48. The van der Waals surface area contributed by atoms with Gasteiger partial charge >= 0.3 is 0 Å². The second-order valence-corrected chi connectivity index (χ2v) is 36.5. The van der Waals surface area contributed by atoms with Gasteiger partial charge in [-0.15, -0.1) is 0 Å². The largest absolute Gasteiger partial charge is 0.256 e. The summed E-state index contributed by atoms with van der Waals surface area (Å²) in [6, 6.07) is 190. The molecule has 0 bridgehead atoms. The summed E-state index contributed by atoms with van der Waals surface area (Å²) in [5.74, 6) is 2.07. The van der Waals surface area contributed by atoms with Crippen LogP contribution in [0.4, 0.5) is 5.69 Å². The molecule has 5 heterocycles. The van der Waals surface area contributed by atoms with Crippen molar-refractivity contribution in [1.29, 1.82) is 5.26 Å². The SMILES string of the molecule is N#Cc1ccc(-c2ccc(-c3ccc(-c4nc(-c5ccccc5)nc(-c5ccccc5)c4-c4ccccc4)cc3)c3ccccc23)cc1.[C-]#[N+]c1ccc(-c2ccc(-c3ccc4ccccc4c3-c3ccc(-c4nc(-c5ccccc5)nc(-c5ccccc5)c4-c4ccccc4)cc3)cc2)cc1.c1ccc(-c2nc(-c3ccccc3)c(-c3ccccc3)c(-c3ccc(-c4cc(-c5ccccn5)cc(-c5ccccn5)c4)cc3)n2)cc1. The molecule has 25 aromatic rings. The van der Waals surface area contributed by atoms with Crippen LogP contribution < -0.4 is 0 Å². The zero-order valence-corrected chi connectivity index (χ0v) is 81.6. The summed E-state index contributed by atoms with van der Waals surface area (Å²) in [5.41, 5.74) is 39.5. The number of benzene rings is 20. The minimum absolute atomic E-state index is 0.645. The number of rotatable bonds is 20. The van der Waals surface area contributed by atoms with Crippen LogP contribution in [0.2, 0.25) is 0 Å². The first-order valence-corrected chi connectivity index (χ1v) is 50.0. The van der Waals surface area contributed by atoms with E-state index in [4.69, 9.17) is 36.5 Å². The molecule has 0 spiro atoms. The monoisotopic (exact) mass is 1910 g/mol. The van der Waals surface area contributed by atoms with Crippen molar-refractivity contribution in [2.45, 2.75) is 0 Å². The Morgan fingerprint density at radius 3 is 0.760 bits per heavy atom. The van der Waals surface area contributed by atoms with Crippen LogP contribution in [-0.4, -0.2) is 39.9 Å². The Hall–Kier alpha value is -20.6. The lowest BCUT2D eigenvalue weighted by Gasteiger charge is -2.18. The first-order valence-electron chi connectivity index (χ1n) is 50.0. The molecule has 10 heteroatoms. The molecule has 0 radical (unpaired) electrons. The fourth-order valence-electron chi connectivity index (χ4n) is 19.7. The first-order chi connectivity index (χ1) is 74.3. The van der Waals surface area contributed by atoms with Gasteiger partial charge in [-0.05, 0) is 160 Å². The van der Waals surface area contributed by atoms with E-state index in [-0.39, 0.29) is 0 Å². The highest BCUT2D eigenvalue weighted by molar-refractivity contribution is 6.07. The number of hydrogen-bond acceptors (Lipinski definition) is 9. The van der Waals surface area contributed by atoms with E-state index in [1.54, 1.807) is 0 Å². The summed E-state index contributed by atoms with van der Waals surface area (Å²) < 4.78 is 0. The fraction of sp³-hybridized carbons (Fsp3) is 0. The lowest BCUT2D eigenvalue weighted by atomic mass is 9.88. The number of pyridine rings is 2. The van der Waals surface area contributed by atoms with Crippen molar-refractivity contribution >= 4 is 27.2 Å². The summed E-state index contributed by atoms with van der Waals surface area (Å²) >= 11 is 0. The van der Waals surface area contributed by atoms with Gasteiger partial charge in [0.1, 0.15) is 0 Å². The van der Waals surface area contributed by atoms with Crippen molar-refractivity contribution in [2.24, 2.45) is 0 Å². The summed E-state index contributed by atoms with van der Waals surface area (Å²) in [7, 11) is 0. The van der Waals surface area contributed by atoms with E-state index in [9.17, 15) is 5.26 Å². The molecule has 0 aliphatic heterocycles. The third-order valence-electron chi connectivity index (χ3n) is 27.1.